The lowest BCUT2D eigenvalue weighted by molar-refractivity contribution is 0.1000. The van der Waals surface area contributed by atoms with Crippen LogP contribution in [0.15, 0.2) is 29.2 Å². The van der Waals surface area contributed by atoms with Crippen molar-refractivity contribution in [3.05, 3.63) is 41.0 Å². The van der Waals surface area contributed by atoms with Crippen molar-refractivity contribution in [2.75, 3.05) is 6.54 Å². The predicted octanol–water partition coefficient (Wildman–Crippen LogP) is 4.97. The third-order valence-electron chi connectivity index (χ3n) is 8.89. The summed E-state index contributed by atoms with van der Waals surface area (Å²) in [6.07, 6.45) is 13.1. The van der Waals surface area contributed by atoms with Gasteiger partial charge in [0.05, 0.1) is 0 Å². The standard InChI is InChI=1S/C10H16.C9H11NOS.C9H17N.2H2O/c1-7-8(2)10(3)5-4-9(7)6-10;1-5-3-7(9(10)11)4-8(12)6(5)2;1-2-6-9-8(4-1)5-3-7-10-9;;/h8-9H,1,4-6H2,2-3H3;3-4,12H,1-2H3,(H2,10,11);8-10H,1-7H2;2*1H2/t8-,9?,10?;;;;/m0..../s1. The van der Waals surface area contributed by atoms with Crippen LogP contribution in [-0.2, 0) is 0 Å². The third kappa shape index (κ3) is 7.09. The van der Waals surface area contributed by atoms with Gasteiger partial charge in [0.1, 0.15) is 0 Å². The third-order valence-corrected chi connectivity index (χ3v) is 9.36. The van der Waals surface area contributed by atoms with Crippen LogP contribution in [0, 0.1) is 37.0 Å². The van der Waals surface area contributed by atoms with Crippen LogP contribution >= 0.6 is 12.6 Å². The molecule has 2 bridgehead atoms. The fourth-order valence-corrected chi connectivity index (χ4v) is 6.55. The molecule has 1 saturated heterocycles. The number of carbonyl (C=O) groups is 1. The summed E-state index contributed by atoms with van der Waals surface area (Å²) < 4.78 is 0. The Morgan fingerprint density at radius 1 is 1.12 bits per heavy atom. The maximum Gasteiger partial charge on any atom is 0.248 e. The number of primary amides is 1. The number of carbonyl (C=O) groups excluding carboxylic acids is 1. The van der Waals surface area contributed by atoms with Gasteiger partial charge in [0.25, 0.3) is 0 Å². The molecule has 4 aliphatic rings. The minimum Gasteiger partial charge on any atom is -0.412 e. The van der Waals surface area contributed by atoms with Crippen LogP contribution in [0.5, 0.6) is 0 Å². The highest BCUT2D eigenvalue weighted by Crippen LogP contribution is 2.59. The number of hydrogen-bond acceptors (Lipinski definition) is 3. The largest absolute Gasteiger partial charge is 0.412 e. The highest BCUT2D eigenvalue weighted by molar-refractivity contribution is 7.80. The molecule has 1 amide bonds. The van der Waals surface area contributed by atoms with E-state index in [1.807, 2.05) is 13.8 Å². The Morgan fingerprint density at radius 3 is 2.26 bits per heavy atom. The van der Waals surface area contributed by atoms with Crippen molar-refractivity contribution < 1.29 is 15.7 Å². The molecule has 1 heterocycles. The van der Waals surface area contributed by atoms with Crippen molar-refractivity contribution in [3.8, 4) is 0 Å². The Hall–Kier alpha value is -1.34. The van der Waals surface area contributed by atoms with Crippen LogP contribution in [0.4, 0.5) is 0 Å². The summed E-state index contributed by atoms with van der Waals surface area (Å²) in [5.41, 5.74) is 9.95. The molecule has 0 aromatic heterocycles. The summed E-state index contributed by atoms with van der Waals surface area (Å²) in [7, 11) is 0. The SMILES string of the molecule is C1CCC2NCCCC2C1.C=C1C2CCC(C)(C2)[C@H]1C.Cc1cc(C(N)=O)cc(S)c1C.O.O. The molecule has 3 saturated carbocycles. The molecule has 1 aromatic rings. The van der Waals surface area contributed by atoms with Gasteiger partial charge >= 0.3 is 0 Å². The zero-order chi connectivity index (χ0) is 23.5. The number of thiol groups is 1. The van der Waals surface area contributed by atoms with E-state index < -0.39 is 5.91 Å². The van der Waals surface area contributed by atoms with Crippen molar-refractivity contribution in [2.45, 2.75) is 96.4 Å². The summed E-state index contributed by atoms with van der Waals surface area (Å²) in [6, 6.07) is 4.37. The molecule has 4 unspecified atom stereocenters. The molecule has 6 heteroatoms. The molecular formula is C28H48N2O3S. The molecule has 1 aliphatic heterocycles. The molecule has 5 rings (SSSR count). The van der Waals surface area contributed by atoms with E-state index in [9.17, 15) is 4.79 Å². The molecule has 5 atom stereocenters. The highest BCUT2D eigenvalue weighted by Gasteiger charge is 2.48. The first-order valence-electron chi connectivity index (χ1n) is 12.6. The zero-order valence-corrected chi connectivity index (χ0v) is 22.6. The molecule has 4 fully saturated rings. The molecule has 5 nitrogen and oxygen atoms in total. The minimum atomic E-state index is -0.409. The second kappa shape index (κ2) is 13.1. The Labute approximate surface area is 212 Å². The second-order valence-corrected chi connectivity index (χ2v) is 11.4. The van der Waals surface area contributed by atoms with E-state index in [2.05, 4.69) is 38.4 Å². The Bertz CT molecular complexity index is 794. The highest BCUT2D eigenvalue weighted by atomic mass is 32.1. The number of nitrogens with two attached hydrogens (primary N) is 1. The lowest BCUT2D eigenvalue weighted by Gasteiger charge is -2.36. The number of amides is 1. The number of rotatable bonds is 1. The first-order valence-corrected chi connectivity index (χ1v) is 13.1. The molecular weight excluding hydrogens is 444 g/mol. The van der Waals surface area contributed by atoms with Crippen LogP contribution in [0.2, 0.25) is 0 Å². The number of hydrogen-bond donors (Lipinski definition) is 3. The number of piperidine rings is 1. The number of aryl methyl sites for hydroxylation is 1. The fraction of sp³-hybridized carbons (Fsp3) is 0.679. The average Bonchev–Trinajstić information content (AvgIpc) is 3.28. The van der Waals surface area contributed by atoms with Crippen LogP contribution < -0.4 is 11.1 Å². The first kappa shape index (κ1) is 30.7. The number of nitrogens with one attached hydrogen (secondary N) is 1. The van der Waals surface area contributed by atoms with Gasteiger partial charge in [0, 0.05) is 16.5 Å². The van der Waals surface area contributed by atoms with Crippen molar-refractivity contribution in [1.82, 2.24) is 5.32 Å². The van der Waals surface area contributed by atoms with Crippen molar-refractivity contribution in [1.29, 1.82) is 0 Å². The summed E-state index contributed by atoms with van der Waals surface area (Å²) in [5.74, 6) is 2.32. The molecule has 1 aromatic carbocycles. The molecule has 0 radical (unpaired) electrons. The predicted molar refractivity (Wildman–Crippen MR) is 146 cm³/mol. The monoisotopic (exact) mass is 492 g/mol. The lowest BCUT2D eigenvalue weighted by atomic mass is 9.76. The van der Waals surface area contributed by atoms with E-state index in [1.54, 1.807) is 12.1 Å². The Kier molecular flexibility index (Phi) is 11.8. The zero-order valence-electron chi connectivity index (χ0n) is 21.7. The molecule has 194 valence electrons. The lowest BCUT2D eigenvalue weighted by Crippen LogP contribution is -2.42. The van der Waals surface area contributed by atoms with Crippen LogP contribution in [-0.4, -0.2) is 29.4 Å². The van der Waals surface area contributed by atoms with Crippen molar-refractivity contribution in [2.24, 2.45) is 28.9 Å². The normalized spacial score (nSPS) is 30.9. The van der Waals surface area contributed by atoms with Crippen LogP contribution in [0.1, 0.15) is 93.1 Å². The Balaban J connectivity index is 0.000000249. The van der Waals surface area contributed by atoms with Gasteiger partial charge in [0.15, 0.2) is 0 Å². The quantitative estimate of drug-likeness (QED) is 0.379. The van der Waals surface area contributed by atoms with E-state index in [1.165, 1.54) is 69.9 Å². The van der Waals surface area contributed by atoms with E-state index >= 15 is 0 Å². The topological polar surface area (TPSA) is 118 Å². The van der Waals surface area contributed by atoms with Gasteiger partial charge in [-0.05, 0) is 112 Å². The number of benzene rings is 1. The van der Waals surface area contributed by atoms with Crippen molar-refractivity contribution in [3.63, 3.8) is 0 Å². The molecule has 3 aliphatic carbocycles. The van der Waals surface area contributed by atoms with Gasteiger partial charge in [0.2, 0.25) is 5.91 Å². The summed E-state index contributed by atoms with van der Waals surface area (Å²) in [4.78, 5) is 11.6. The van der Waals surface area contributed by atoms with E-state index in [-0.39, 0.29) is 11.0 Å². The summed E-state index contributed by atoms with van der Waals surface area (Å²) in [6.45, 7) is 14.1. The minimum absolute atomic E-state index is 0. The summed E-state index contributed by atoms with van der Waals surface area (Å²) >= 11 is 4.22. The Morgan fingerprint density at radius 2 is 1.76 bits per heavy atom. The average molecular weight is 493 g/mol. The number of allylic oxidation sites excluding steroid dienone is 1. The van der Waals surface area contributed by atoms with Crippen LogP contribution in [0.3, 0.4) is 0 Å². The van der Waals surface area contributed by atoms with Crippen molar-refractivity contribution >= 4 is 18.5 Å². The van der Waals surface area contributed by atoms with Gasteiger partial charge in [-0.25, -0.2) is 0 Å². The van der Waals surface area contributed by atoms with E-state index in [4.69, 9.17) is 5.73 Å². The van der Waals surface area contributed by atoms with Crippen LogP contribution in [0.25, 0.3) is 0 Å². The van der Waals surface area contributed by atoms with Gasteiger partial charge in [-0.15, -0.1) is 12.6 Å². The van der Waals surface area contributed by atoms with Gasteiger partial charge < -0.3 is 22.0 Å². The fourth-order valence-electron chi connectivity index (χ4n) is 6.24. The van der Waals surface area contributed by atoms with Gasteiger partial charge in [-0.2, -0.15) is 0 Å². The van der Waals surface area contributed by atoms with Gasteiger partial charge in [-0.1, -0.05) is 38.8 Å². The van der Waals surface area contributed by atoms with E-state index in [0.29, 0.717) is 11.0 Å². The first-order chi connectivity index (χ1) is 15.1. The van der Waals surface area contributed by atoms with Gasteiger partial charge in [-0.3, -0.25) is 4.79 Å². The molecule has 0 spiro atoms. The maximum atomic E-state index is 10.8. The second-order valence-electron chi connectivity index (χ2n) is 10.9. The molecule has 34 heavy (non-hydrogen) atoms. The maximum absolute atomic E-state index is 10.8. The molecule has 7 N–H and O–H groups in total. The summed E-state index contributed by atoms with van der Waals surface area (Å²) in [5, 5.41) is 3.62. The van der Waals surface area contributed by atoms with E-state index in [0.717, 1.165) is 39.8 Å². The number of fused-ring (bicyclic) bond motifs is 3. The smallest absolute Gasteiger partial charge is 0.248 e.